The molecule has 0 spiro atoms. The Labute approximate surface area is 112 Å². The Hall–Kier alpha value is -2.91. The van der Waals surface area contributed by atoms with Crippen molar-refractivity contribution in [3.63, 3.8) is 0 Å². The van der Waals surface area contributed by atoms with E-state index in [1.807, 2.05) is 0 Å². The van der Waals surface area contributed by atoms with Crippen LogP contribution >= 0.6 is 0 Å². The van der Waals surface area contributed by atoms with Gasteiger partial charge < -0.3 is 14.4 Å². The molecular weight excluding hydrogens is 276 g/mol. The van der Waals surface area contributed by atoms with E-state index in [9.17, 15) is 25.0 Å². The van der Waals surface area contributed by atoms with Gasteiger partial charge in [-0.15, -0.1) is 20.2 Å². The van der Waals surface area contributed by atoms with Crippen molar-refractivity contribution in [1.82, 2.24) is 0 Å². The largest absolute Gasteiger partial charge is 0.486 e. The predicted octanol–water partition coefficient (Wildman–Crippen LogP) is 0.663. The van der Waals surface area contributed by atoms with E-state index in [-0.39, 0.29) is 5.75 Å². The molecule has 0 aliphatic rings. The Morgan fingerprint density at radius 2 is 1.75 bits per heavy atom. The first-order chi connectivity index (χ1) is 9.51. The number of hydrogen-bond acceptors (Lipinski definition) is 8. The van der Waals surface area contributed by atoms with E-state index in [1.54, 1.807) is 0 Å². The fraction of sp³-hybridized carbons (Fsp3) is 0.300. The van der Waals surface area contributed by atoms with E-state index in [1.165, 1.54) is 24.3 Å². The first-order valence-corrected chi connectivity index (χ1v) is 5.27. The third kappa shape index (κ3) is 5.62. The lowest BCUT2D eigenvalue weighted by molar-refractivity contribution is -0.768. The number of hydrogen-bond donors (Lipinski definition) is 0. The average Bonchev–Trinajstić information content (AvgIpc) is 2.41. The molecule has 20 heavy (non-hydrogen) atoms. The summed E-state index contributed by atoms with van der Waals surface area (Å²) in [6.07, 6.45) is -0.490. The number of benzene rings is 1. The molecule has 0 heterocycles. The Balaban J connectivity index is 2.67. The summed E-state index contributed by atoms with van der Waals surface area (Å²) in [6, 6.07) is 5.91. The number of carbonyl (C=O) groups is 1. The monoisotopic (exact) mass is 286 g/mol. The average molecular weight is 286 g/mol. The van der Waals surface area contributed by atoms with Crippen molar-refractivity contribution in [3.8, 4) is 5.75 Å². The van der Waals surface area contributed by atoms with Crippen molar-refractivity contribution in [3.05, 3.63) is 50.1 Å². The molecule has 10 heteroatoms. The van der Waals surface area contributed by atoms with Gasteiger partial charge in [0.2, 0.25) is 0 Å². The number of rotatable bonds is 9. The Morgan fingerprint density at radius 1 is 1.15 bits per heavy atom. The van der Waals surface area contributed by atoms with Crippen LogP contribution in [0.4, 0.5) is 0 Å². The van der Waals surface area contributed by atoms with Gasteiger partial charge in [0, 0.05) is 5.56 Å². The Bertz CT molecular complexity index is 474. The molecule has 0 aromatic heterocycles. The van der Waals surface area contributed by atoms with E-state index in [0.717, 1.165) is 0 Å². The van der Waals surface area contributed by atoms with E-state index >= 15 is 0 Å². The summed E-state index contributed by atoms with van der Waals surface area (Å²) in [6.45, 7) is -1.10. The van der Waals surface area contributed by atoms with Gasteiger partial charge in [-0.05, 0) is 12.1 Å². The Kier molecular flexibility index (Phi) is 5.69. The predicted molar refractivity (Wildman–Crippen MR) is 62.1 cm³/mol. The maximum atomic E-state index is 10.6. The molecule has 0 aliphatic heterocycles. The van der Waals surface area contributed by atoms with Gasteiger partial charge in [-0.3, -0.25) is 4.79 Å². The zero-order valence-electron chi connectivity index (χ0n) is 10.0. The molecule has 0 bridgehead atoms. The number of nitrogens with zero attached hydrogens (tertiary/aromatic N) is 2. The van der Waals surface area contributed by atoms with Crippen LogP contribution in [0.25, 0.3) is 0 Å². The molecule has 0 N–H and O–H groups in total. The smallest absolute Gasteiger partial charge is 0.294 e. The van der Waals surface area contributed by atoms with Crippen molar-refractivity contribution < 1.29 is 29.4 Å². The highest BCUT2D eigenvalue weighted by molar-refractivity contribution is 5.75. The highest BCUT2D eigenvalue weighted by Crippen LogP contribution is 2.14. The van der Waals surface area contributed by atoms with E-state index in [0.29, 0.717) is 11.8 Å². The second-order valence-electron chi connectivity index (χ2n) is 3.47. The van der Waals surface area contributed by atoms with Gasteiger partial charge in [-0.2, -0.15) is 0 Å². The molecule has 1 rings (SSSR count). The molecule has 0 fully saturated rings. The molecule has 0 unspecified atom stereocenters. The van der Waals surface area contributed by atoms with Crippen molar-refractivity contribution in [1.29, 1.82) is 0 Å². The van der Waals surface area contributed by atoms with Gasteiger partial charge >= 0.3 is 0 Å². The summed E-state index contributed by atoms with van der Waals surface area (Å²) < 4.78 is 5.24. The maximum Gasteiger partial charge on any atom is 0.294 e. The molecule has 0 radical (unpaired) electrons. The molecule has 0 amide bonds. The van der Waals surface area contributed by atoms with E-state index < -0.39 is 29.5 Å². The molecule has 0 atom stereocenters. The molecule has 0 aliphatic carbocycles. The molecule has 10 nitrogen and oxygen atoms in total. The minimum atomic E-state index is -1.08. The normalized spacial score (nSPS) is 9.85. The van der Waals surface area contributed by atoms with Crippen molar-refractivity contribution in [2.24, 2.45) is 0 Å². The molecule has 0 saturated carbocycles. The van der Waals surface area contributed by atoms with Crippen LogP contribution in [0.2, 0.25) is 0 Å². The summed E-state index contributed by atoms with van der Waals surface area (Å²) in [5.74, 6) is 0.207. The summed E-state index contributed by atoms with van der Waals surface area (Å²) in [7, 11) is 0. The molecule has 0 saturated heterocycles. The summed E-state index contributed by atoms with van der Waals surface area (Å²) >= 11 is 0. The third-order valence-electron chi connectivity index (χ3n) is 2.03. The van der Waals surface area contributed by atoms with Crippen LogP contribution in [0.5, 0.6) is 5.75 Å². The lowest BCUT2D eigenvalue weighted by Gasteiger charge is -2.17. The number of aldehydes is 1. The summed E-state index contributed by atoms with van der Waals surface area (Å²) in [4.78, 5) is 39.0. The Morgan fingerprint density at radius 3 is 2.25 bits per heavy atom. The summed E-state index contributed by atoms with van der Waals surface area (Å²) in [5.41, 5.74) is 0.326. The minimum Gasteiger partial charge on any atom is -0.486 e. The lowest BCUT2D eigenvalue weighted by atomic mass is 10.2. The van der Waals surface area contributed by atoms with Gasteiger partial charge in [0.05, 0.1) is 0 Å². The highest BCUT2D eigenvalue weighted by Gasteiger charge is 2.15. The van der Waals surface area contributed by atoms with Gasteiger partial charge in [0.15, 0.2) is 0 Å². The molecule has 1 aromatic rings. The van der Waals surface area contributed by atoms with E-state index in [4.69, 9.17) is 4.74 Å². The first-order valence-electron chi connectivity index (χ1n) is 5.27. The number of ether oxygens (including phenoxy) is 1. The quantitative estimate of drug-likeness (QED) is 0.367. The SMILES string of the molecule is O=Cc1cccc(OC(CO[N+](=O)[O-])CO[N+](=O)[O-])c1. The van der Waals surface area contributed by atoms with Crippen LogP contribution in [-0.2, 0) is 9.68 Å². The van der Waals surface area contributed by atoms with Gasteiger partial charge in [-0.25, -0.2) is 0 Å². The zero-order chi connectivity index (χ0) is 15.0. The third-order valence-corrected chi connectivity index (χ3v) is 2.03. The molecular formula is C10H10N2O8. The van der Waals surface area contributed by atoms with Crippen LogP contribution in [0.1, 0.15) is 10.4 Å². The van der Waals surface area contributed by atoms with Crippen LogP contribution in [0.3, 0.4) is 0 Å². The van der Waals surface area contributed by atoms with Crippen molar-refractivity contribution in [2.75, 3.05) is 13.2 Å². The fourth-order valence-electron chi connectivity index (χ4n) is 1.26. The van der Waals surface area contributed by atoms with Gasteiger partial charge in [-0.1, -0.05) is 12.1 Å². The van der Waals surface area contributed by atoms with Crippen LogP contribution < -0.4 is 4.74 Å². The minimum absolute atomic E-state index is 0.207. The molecule has 1 aromatic carbocycles. The topological polar surface area (TPSA) is 131 Å². The fourth-order valence-corrected chi connectivity index (χ4v) is 1.26. The second kappa shape index (κ2) is 7.51. The van der Waals surface area contributed by atoms with Crippen LogP contribution in [-0.4, -0.2) is 35.8 Å². The standard InChI is InChI=1S/C10H10N2O8/c13-5-8-2-1-3-9(4-8)20-10(6-18-11(14)15)7-19-12(16)17/h1-5,10H,6-7H2. The van der Waals surface area contributed by atoms with E-state index in [2.05, 4.69) is 9.68 Å². The van der Waals surface area contributed by atoms with Crippen molar-refractivity contribution in [2.45, 2.75) is 6.10 Å². The second-order valence-corrected chi connectivity index (χ2v) is 3.47. The maximum absolute atomic E-state index is 10.6. The first kappa shape index (κ1) is 15.1. The van der Waals surface area contributed by atoms with Gasteiger partial charge in [0.25, 0.3) is 10.2 Å². The highest BCUT2D eigenvalue weighted by atomic mass is 17.0. The van der Waals surface area contributed by atoms with Crippen LogP contribution in [0, 0.1) is 20.2 Å². The van der Waals surface area contributed by atoms with Gasteiger partial charge in [0.1, 0.15) is 31.4 Å². The lowest BCUT2D eigenvalue weighted by Crippen LogP contribution is -2.30. The van der Waals surface area contributed by atoms with Crippen LogP contribution in [0.15, 0.2) is 24.3 Å². The zero-order valence-corrected chi connectivity index (χ0v) is 10.0. The van der Waals surface area contributed by atoms with Crippen molar-refractivity contribution >= 4 is 6.29 Å². The number of carbonyl (C=O) groups excluding carboxylic acids is 1. The summed E-state index contributed by atoms with van der Waals surface area (Å²) in [5, 5.41) is 18.1. The molecule has 108 valence electrons.